The first-order valence-corrected chi connectivity index (χ1v) is 12.8. The highest BCUT2D eigenvalue weighted by atomic mass is 35.5. The Kier molecular flexibility index (Phi) is 7.58. The summed E-state index contributed by atoms with van der Waals surface area (Å²) >= 11 is 8.90. The van der Waals surface area contributed by atoms with Crippen molar-refractivity contribution in [1.29, 1.82) is 0 Å². The largest absolute Gasteiger partial charge is 0.299 e. The van der Waals surface area contributed by atoms with Crippen molar-refractivity contribution in [3.05, 3.63) is 59.1 Å². The zero-order valence-electron chi connectivity index (χ0n) is 17.1. The molecule has 0 saturated carbocycles. The highest BCUT2D eigenvalue weighted by molar-refractivity contribution is 8.01. The lowest BCUT2D eigenvalue weighted by Crippen LogP contribution is -2.38. The molecule has 0 atom stereocenters. The molecule has 0 radical (unpaired) electrons. The number of benzene rings is 2. The van der Waals surface area contributed by atoms with E-state index < -0.39 is 22.5 Å². The molecule has 0 saturated heterocycles. The zero-order valence-corrected chi connectivity index (χ0v) is 20.3. The Morgan fingerprint density at radius 1 is 1.19 bits per heavy atom. The Bertz CT molecular complexity index is 1170. The average molecular weight is 497 g/mol. The van der Waals surface area contributed by atoms with E-state index in [9.17, 15) is 13.2 Å². The van der Waals surface area contributed by atoms with E-state index in [1.165, 1.54) is 41.3 Å². The normalized spacial score (nSPS) is 11.5. The second-order valence-electron chi connectivity index (χ2n) is 6.84. The van der Waals surface area contributed by atoms with Crippen LogP contribution >= 0.6 is 34.7 Å². The third-order valence-electron chi connectivity index (χ3n) is 4.05. The molecule has 2 aromatic carbocycles. The Hall–Kier alpha value is -2.14. The van der Waals surface area contributed by atoms with Crippen LogP contribution in [-0.2, 0) is 14.8 Å². The smallest absolute Gasteiger partial charge is 0.264 e. The van der Waals surface area contributed by atoms with Crippen molar-refractivity contribution >= 4 is 61.4 Å². The molecular weight excluding hydrogens is 476 g/mol. The fraction of sp³-hybridized carbons (Fsp3) is 0.250. The van der Waals surface area contributed by atoms with E-state index in [4.69, 9.17) is 11.6 Å². The summed E-state index contributed by atoms with van der Waals surface area (Å²) in [6.45, 7) is 5.38. The first-order valence-electron chi connectivity index (χ1n) is 9.31. The third-order valence-corrected chi connectivity index (χ3v) is 7.98. The maximum Gasteiger partial charge on any atom is 0.264 e. The summed E-state index contributed by atoms with van der Waals surface area (Å²) in [6, 6.07) is 12.9. The van der Waals surface area contributed by atoms with Gasteiger partial charge in [0.2, 0.25) is 11.0 Å². The van der Waals surface area contributed by atoms with Gasteiger partial charge in [-0.25, -0.2) is 8.42 Å². The van der Waals surface area contributed by atoms with Crippen LogP contribution < -0.4 is 9.62 Å². The number of carbonyl (C=O) groups excluding carboxylic acids is 1. The van der Waals surface area contributed by atoms with E-state index in [0.717, 1.165) is 8.64 Å². The summed E-state index contributed by atoms with van der Waals surface area (Å²) in [6.07, 6.45) is 0. The summed E-state index contributed by atoms with van der Waals surface area (Å²) < 4.78 is 28.6. The average Bonchev–Trinajstić information content (AvgIpc) is 3.14. The molecule has 0 fully saturated rings. The molecule has 0 bridgehead atoms. The maximum atomic E-state index is 13.4. The molecule has 164 valence electrons. The summed E-state index contributed by atoms with van der Waals surface area (Å²) in [4.78, 5) is 12.9. The standard InChI is InChI=1S/C20H21ClN4O3S3/c1-13(2)29-20-24-23-19(30-20)22-18(26)12-25(17-11-15(21)10-9-14(17)3)31(27,28)16-7-5-4-6-8-16/h4-11,13H,12H2,1-3H3,(H,22,23,26). The highest BCUT2D eigenvalue weighted by Crippen LogP contribution is 2.31. The Labute approximate surface area is 194 Å². The number of anilines is 2. The molecule has 0 aliphatic rings. The highest BCUT2D eigenvalue weighted by Gasteiger charge is 2.28. The van der Waals surface area contributed by atoms with Gasteiger partial charge >= 0.3 is 0 Å². The van der Waals surface area contributed by atoms with Gasteiger partial charge in [0.1, 0.15) is 6.54 Å². The van der Waals surface area contributed by atoms with E-state index in [1.54, 1.807) is 37.3 Å². The van der Waals surface area contributed by atoms with E-state index in [0.29, 0.717) is 26.7 Å². The van der Waals surface area contributed by atoms with Gasteiger partial charge < -0.3 is 0 Å². The van der Waals surface area contributed by atoms with Gasteiger partial charge in [-0.2, -0.15) is 0 Å². The number of aromatic nitrogens is 2. The van der Waals surface area contributed by atoms with Gasteiger partial charge in [0.05, 0.1) is 10.6 Å². The van der Waals surface area contributed by atoms with Gasteiger partial charge in [0.25, 0.3) is 10.0 Å². The van der Waals surface area contributed by atoms with E-state index in [2.05, 4.69) is 15.5 Å². The summed E-state index contributed by atoms with van der Waals surface area (Å²) in [5, 5.41) is 11.7. The minimum absolute atomic E-state index is 0.0775. The minimum Gasteiger partial charge on any atom is -0.299 e. The maximum absolute atomic E-state index is 13.4. The second kappa shape index (κ2) is 9.99. The number of rotatable bonds is 8. The summed E-state index contributed by atoms with van der Waals surface area (Å²) in [5.74, 6) is -0.531. The number of nitrogens with one attached hydrogen (secondary N) is 1. The quantitative estimate of drug-likeness (QED) is 0.354. The molecule has 11 heteroatoms. The van der Waals surface area contributed by atoms with Gasteiger partial charge in [-0.15, -0.1) is 10.2 Å². The number of thioether (sulfide) groups is 1. The molecule has 1 heterocycles. The number of halogens is 1. The Morgan fingerprint density at radius 2 is 1.90 bits per heavy atom. The molecule has 0 unspecified atom stereocenters. The van der Waals surface area contributed by atoms with Crippen LogP contribution in [0.4, 0.5) is 10.8 Å². The van der Waals surface area contributed by atoms with Crippen molar-refractivity contribution in [2.75, 3.05) is 16.2 Å². The van der Waals surface area contributed by atoms with Crippen LogP contribution in [0.1, 0.15) is 19.4 Å². The fourth-order valence-corrected chi connectivity index (χ4v) is 6.33. The van der Waals surface area contributed by atoms with Crippen molar-refractivity contribution in [1.82, 2.24) is 10.2 Å². The minimum atomic E-state index is -4.01. The first kappa shape index (κ1) is 23.5. The van der Waals surface area contributed by atoms with E-state index in [1.807, 2.05) is 13.8 Å². The van der Waals surface area contributed by atoms with Crippen LogP contribution in [0.3, 0.4) is 0 Å². The first-order chi connectivity index (χ1) is 14.7. The van der Waals surface area contributed by atoms with E-state index in [-0.39, 0.29) is 4.90 Å². The topological polar surface area (TPSA) is 92.3 Å². The van der Waals surface area contributed by atoms with Gasteiger partial charge in [-0.1, -0.05) is 72.8 Å². The van der Waals surface area contributed by atoms with Crippen LogP contribution in [0.2, 0.25) is 5.02 Å². The van der Waals surface area contributed by atoms with Crippen molar-refractivity contribution in [3.8, 4) is 0 Å². The van der Waals surface area contributed by atoms with Gasteiger partial charge in [0.15, 0.2) is 4.34 Å². The molecule has 1 N–H and O–H groups in total. The third kappa shape index (κ3) is 5.97. The molecular formula is C20H21ClN4O3S3. The second-order valence-corrected chi connectivity index (χ2v) is 11.9. The number of sulfonamides is 1. The van der Waals surface area contributed by atoms with Crippen molar-refractivity contribution in [2.24, 2.45) is 0 Å². The van der Waals surface area contributed by atoms with Crippen LogP contribution in [0.5, 0.6) is 0 Å². The van der Waals surface area contributed by atoms with Crippen LogP contribution in [0, 0.1) is 6.92 Å². The Morgan fingerprint density at radius 3 is 2.58 bits per heavy atom. The fourth-order valence-electron chi connectivity index (χ4n) is 2.67. The SMILES string of the molecule is Cc1ccc(Cl)cc1N(CC(=O)Nc1nnc(SC(C)C)s1)S(=O)(=O)c1ccccc1. The molecule has 1 amide bonds. The molecule has 0 spiro atoms. The van der Waals surface area contributed by atoms with Crippen LogP contribution in [-0.4, -0.2) is 36.3 Å². The predicted octanol–water partition coefficient (Wildman–Crippen LogP) is 4.83. The lowest BCUT2D eigenvalue weighted by Gasteiger charge is -2.25. The monoisotopic (exact) mass is 496 g/mol. The molecule has 0 aliphatic carbocycles. The number of hydrogen-bond donors (Lipinski definition) is 1. The number of nitrogens with zero attached hydrogens (tertiary/aromatic N) is 3. The lowest BCUT2D eigenvalue weighted by molar-refractivity contribution is -0.114. The summed E-state index contributed by atoms with van der Waals surface area (Å²) in [5.41, 5.74) is 1.00. The van der Waals surface area contributed by atoms with Gasteiger partial charge in [-0.05, 0) is 36.8 Å². The number of amides is 1. The molecule has 31 heavy (non-hydrogen) atoms. The zero-order chi connectivity index (χ0) is 22.6. The van der Waals surface area contributed by atoms with Gasteiger partial charge in [-0.3, -0.25) is 14.4 Å². The molecule has 1 aromatic heterocycles. The number of aryl methyl sites for hydroxylation is 1. The van der Waals surface area contributed by atoms with Crippen molar-refractivity contribution in [2.45, 2.75) is 35.3 Å². The predicted molar refractivity (Wildman–Crippen MR) is 127 cm³/mol. The Balaban J connectivity index is 1.91. The number of hydrogen-bond acceptors (Lipinski definition) is 7. The molecule has 3 aromatic rings. The number of carbonyl (C=O) groups is 1. The van der Waals surface area contributed by atoms with Crippen LogP contribution in [0.25, 0.3) is 0 Å². The summed E-state index contributed by atoms with van der Waals surface area (Å²) in [7, 11) is -4.01. The van der Waals surface area contributed by atoms with Crippen molar-refractivity contribution in [3.63, 3.8) is 0 Å². The molecule has 0 aliphatic heterocycles. The molecule has 3 rings (SSSR count). The van der Waals surface area contributed by atoms with Gasteiger partial charge in [0, 0.05) is 10.3 Å². The van der Waals surface area contributed by atoms with Crippen LogP contribution in [0.15, 0.2) is 57.8 Å². The van der Waals surface area contributed by atoms with Crippen molar-refractivity contribution < 1.29 is 13.2 Å². The lowest BCUT2D eigenvalue weighted by atomic mass is 10.2. The van der Waals surface area contributed by atoms with E-state index >= 15 is 0 Å². The molecule has 7 nitrogen and oxygen atoms in total.